The van der Waals surface area contributed by atoms with E-state index in [2.05, 4.69) is 73.4 Å². The predicted octanol–water partition coefficient (Wildman–Crippen LogP) is -1.52. The fraction of sp³-hybridized carbons (Fsp3) is 0.500. The summed E-state index contributed by atoms with van der Waals surface area (Å²) in [6.45, 7) is 3.11. The minimum Gasteiger partial charge on any atom is -0.719 e. The molecule has 0 spiro atoms. The van der Waals surface area contributed by atoms with Crippen LogP contribution in [0.15, 0.2) is 0 Å². The summed E-state index contributed by atoms with van der Waals surface area (Å²) in [5, 5.41) is -3.00. The molecule has 0 aromatic carbocycles. The van der Waals surface area contributed by atoms with E-state index in [1.165, 1.54) is 0 Å². The molecule has 1 rings (SSSR count). The van der Waals surface area contributed by atoms with Crippen LogP contribution in [0.2, 0.25) is 0 Å². The van der Waals surface area contributed by atoms with Gasteiger partial charge >= 0.3 is 21.1 Å². The van der Waals surface area contributed by atoms with Crippen LogP contribution in [0.3, 0.4) is 0 Å². The third kappa shape index (κ3) is 278. The third-order valence-electron chi connectivity index (χ3n) is 0.744. The molecular weight excluding hydrogens is 472 g/mol. The molecule has 0 aromatic rings. The molecule has 10 nitrogen and oxygen atoms in total. The summed E-state index contributed by atoms with van der Waals surface area (Å²) < 4.78 is 9.89. The van der Waals surface area contributed by atoms with E-state index in [9.17, 15) is 0 Å². The van der Waals surface area contributed by atoms with E-state index in [-0.39, 0.29) is 21.1 Å². The molecule has 1 aliphatic heterocycles. The molecule has 0 atom stereocenters. The van der Waals surface area contributed by atoms with Crippen molar-refractivity contribution < 1.29 is 49.7 Å². The van der Waals surface area contributed by atoms with Crippen molar-refractivity contribution in [1.29, 1.82) is 0 Å². The third-order valence-corrected chi connectivity index (χ3v) is 0.744. The zero-order valence-electron chi connectivity index (χ0n) is 11.6. The van der Waals surface area contributed by atoms with Crippen LogP contribution in [0.1, 0.15) is 0 Å². The normalized spacial score (nSPS) is 10.4. The number of carbonyl (C=O) groups excluding carboxylic acids is 4. The van der Waals surface area contributed by atoms with Crippen molar-refractivity contribution in [3.05, 3.63) is 0 Å². The second-order valence-electron chi connectivity index (χ2n) is 2.50. The van der Waals surface area contributed by atoms with E-state index in [4.69, 9.17) is 28.7 Å². The second kappa shape index (κ2) is 29.4. The number of ether oxygens (including phenoxy) is 2. The number of hydrogen-bond acceptors (Lipinski definition) is 10. The molecular formula is C8H16MoN4O6S4. The van der Waals surface area contributed by atoms with Crippen LogP contribution in [0, 0.1) is 0 Å². The summed E-state index contributed by atoms with van der Waals surface area (Å²) >= 11 is 15.0. The van der Waals surface area contributed by atoms with Crippen LogP contribution in [0.25, 0.3) is 0 Å². The van der Waals surface area contributed by atoms with E-state index in [1.807, 2.05) is 0 Å². The zero-order chi connectivity index (χ0) is 18.6. The van der Waals surface area contributed by atoms with Crippen LogP contribution in [0.4, 0.5) is 19.2 Å². The van der Waals surface area contributed by atoms with E-state index in [0.717, 1.165) is 26.4 Å². The van der Waals surface area contributed by atoms with E-state index >= 15 is 0 Å². The fourth-order valence-electron chi connectivity index (χ4n) is 0.440. The van der Waals surface area contributed by atoms with Gasteiger partial charge in [0.1, 0.15) is 0 Å². The SMILES string of the molecule is C1COCCO1.NC(=O)[S-].NC(=O)[S-].NC(=O)[S-].NC(=O)[S-].[Mo+4]. The number of nitrogens with two attached hydrogens (primary N) is 4. The minimum atomic E-state index is -0.750. The summed E-state index contributed by atoms with van der Waals surface area (Å²) in [5.74, 6) is 0. The first-order valence-corrected chi connectivity index (χ1v) is 6.58. The van der Waals surface area contributed by atoms with Crippen molar-refractivity contribution in [1.82, 2.24) is 0 Å². The molecule has 8 N–H and O–H groups in total. The molecule has 1 heterocycles. The minimum absolute atomic E-state index is 0. The first kappa shape index (κ1) is 33.9. The second-order valence-corrected chi connectivity index (χ2v) is 4.11. The van der Waals surface area contributed by atoms with Gasteiger partial charge < -0.3 is 102 Å². The molecule has 0 unspecified atom stereocenters. The number of hydrogen-bond donors (Lipinski definition) is 4. The monoisotopic (exact) mass is 490 g/mol. The van der Waals surface area contributed by atoms with Crippen LogP contribution in [-0.2, 0) is 81.1 Å². The summed E-state index contributed by atoms with van der Waals surface area (Å²) in [6, 6.07) is 0. The number of primary amides is 4. The van der Waals surface area contributed by atoms with Gasteiger partial charge in [0.15, 0.2) is 0 Å². The van der Waals surface area contributed by atoms with Gasteiger partial charge in [-0.1, -0.05) is 0 Å². The van der Waals surface area contributed by atoms with Crippen LogP contribution >= 0.6 is 0 Å². The zero-order valence-corrected chi connectivity index (χ0v) is 16.9. The van der Waals surface area contributed by atoms with Crippen LogP contribution in [0.5, 0.6) is 0 Å². The molecule has 0 aliphatic carbocycles. The Morgan fingerprint density at radius 3 is 0.696 bits per heavy atom. The molecule has 1 fully saturated rings. The summed E-state index contributed by atoms with van der Waals surface area (Å²) in [7, 11) is 0. The van der Waals surface area contributed by atoms with E-state index in [0.29, 0.717) is 0 Å². The van der Waals surface area contributed by atoms with Gasteiger partial charge in [0.2, 0.25) is 0 Å². The largest absolute Gasteiger partial charge is 4.00 e. The van der Waals surface area contributed by atoms with Gasteiger partial charge in [-0.15, -0.1) is 0 Å². The summed E-state index contributed by atoms with van der Waals surface area (Å²) in [4.78, 5) is 36.1. The molecule has 0 aromatic heterocycles. The first-order chi connectivity index (χ1) is 9.93. The molecule has 0 radical (unpaired) electrons. The first-order valence-electron chi connectivity index (χ1n) is 4.94. The van der Waals surface area contributed by atoms with Crippen molar-refractivity contribution in [3.8, 4) is 0 Å². The van der Waals surface area contributed by atoms with Crippen molar-refractivity contribution >= 4 is 71.5 Å². The summed E-state index contributed by atoms with van der Waals surface area (Å²) in [5.41, 5.74) is 17.1. The number of rotatable bonds is 0. The van der Waals surface area contributed by atoms with Gasteiger partial charge in [-0.25, -0.2) is 0 Å². The van der Waals surface area contributed by atoms with Crippen LogP contribution in [-0.4, -0.2) is 47.4 Å². The molecule has 0 bridgehead atoms. The molecule has 1 saturated heterocycles. The Labute approximate surface area is 170 Å². The van der Waals surface area contributed by atoms with Gasteiger partial charge in [0.25, 0.3) is 0 Å². The van der Waals surface area contributed by atoms with Gasteiger partial charge in [-0.05, 0) is 0 Å². The van der Waals surface area contributed by atoms with E-state index < -0.39 is 21.0 Å². The maximum absolute atomic E-state index is 9.04. The quantitative estimate of drug-likeness (QED) is 0.230. The maximum atomic E-state index is 9.04. The summed E-state index contributed by atoms with van der Waals surface area (Å²) in [6.07, 6.45) is 0. The van der Waals surface area contributed by atoms with E-state index in [1.54, 1.807) is 0 Å². The van der Waals surface area contributed by atoms with Crippen LogP contribution < -0.4 is 22.9 Å². The Kier molecular flexibility index (Phi) is 43.3. The molecule has 23 heavy (non-hydrogen) atoms. The Bertz CT molecular complexity index is 247. The maximum Gasteiger partial charge on any atom is 4.00 e. The smallest absolute Gasteiger partial charge is 0.719 e. The molecule has 15 heteroatoms. The van der Waals surface area contributed by atoms with Crippen molar-refractivity contribution in [2.45, 2.75) is 0 Å². The average molecular weight is 488 g/mol. The molecule has 134 valence electrons. The predicted molar refractivity (Wildman–Crippen MR) is 89.4 cm³/mol. The van der Waals surface area contributed by atoms with Crippen molar-refractivity contribution in [2.75, 3.05) is 26.4 Å². The topological polar surface area (TPSA) is 191 Å². The molecule has 0 saturated carbocycles. The van der Waals surface area contributed by atoms with Gasteiger partial charge in [0, 0.05) is 0 Å². The Morgan fingerprint density at radius 1 is 0.565 bits per heavy atom. The molecule has 4 amide bonds. The average Bonchev–Trinajstić information content (AvgIpc) is 2.28. The Morgan fingerprint density at radius 2 is 0.652 bits per heavy atom. The van der Waals surface area contributed by atoms with Gasteiger partial charge in [-0.2, -0.15) is 0 Å². The van der Waals surface area contributed by atoms with Crippen molar-refractivity contribution in [2.24, 2.45) is 22.9 Å². The Balaban J connectivity index is -0.0000000591. The van der Waals surface area contributed by atoms with Crippen molar-refractivity contribution in [3.63, 3.8) is 0 Å². The fourth-order valence-corrected chi connectivity index (χ4v) is 0.440. The standard InChI is InChI=1S/C4H8O2.4CH3NOS.Mo/c1-2-6-4-3-5-1;4*2-1(3)4;/h1-4H2;4*(H3,2,3,4);/q;;;;;+4/p-4. The number of amides is 4. The number of carbonyl (C=O) groups is 4. The van der Waals surface area contributed by atoms with Gasteiger partial charge in [-0.3, -0.25) is 0 Å². The van der Waals surface area contributed by atoms with Gasteiger partial charge in [0.05, 0.1) is 47.4 Å². The Hall–Kier alpha value is -0.632. The molecule has 1 aliphatic rings.